The number of nitrogens with one attached hydrogen (secondary N) is 1. The van der Waals surface area contributed by atoms with Gasteiger partial charge in [-0.25, -0.2) is 4.79 Å². The summed E-state index contributed by atoms with van der Waals surface area (Å²) in [6.45, 7) is 0.422. The Morgan fingerprint density at radius 3 is 3.17 bits per heavy atom. The Bertz CT molecular complexity index is 238. The molecule has 12 heavy (non-hydrogen) atoms. The lowest BCUT2D eigenvalue weighted by molar-refractivity contribution is 0.202. The minimum absolute atomic E-state index is 0.388. The summed E-state index contributed by atoms with van der Waals surface area (Å²) in [5.74, 6) is 0.388. The van der Waals surface area contributed by atoms with Gasteiger partial charge in [0.25, 0.3) is 0 Å². The third-order valence-electron chi connectivity index (χ3n) is 1.05. The number of thiophene rings is 1. The lowest BCUT2D eigenvalue weighted by Crippen LogP contribution is -2.28. The maximum Gasteiger partial charge on any atom is 0.413 e. The fourth-order valence-electron chi connectivity index (χ4n) is 0.598. The normalized spacial score (nSPS) is 9.42. The van der Waals surface area contributed by atoms with Crippen LogP contribution in [0.15, 0.2) is 17.5 Å². The summed E-state index contributed by atoms with van der Waals surface area (Å²) in [6, 6.07) is 3.54. The number of ether oxygens (including phenoxy) is 1. The number of carbonyl (C=O) groups excluding carboxylic acids is 1. The molecule has 1 rings (SSSR count). The minimum atomic E-state index is -0.460. The van der Waals surface area contributed by atoms with Gasteiger partial charge in [0, 0.05) is 12.4 Å². The van der Waals surface area contributed by atoms with Gasteiger partial charge in [0.05, 0.1) is 0 Å². The largest absolute Gasteiger partial charge is 0.413 e. The molecule has 0 aliphatic heterocycles. The molecule has 1 N–H and O–H groups in total. The van der Waals surface area contributed by atoms with Crippen LogP contribution in [0.3, 0.4) is 0 Å². The van der Waals surface area contributed by atoms with Crippen LogP contribution >= 0.6 is 22.9 Å². The fourth-order valence-corrected chi connectivity index (χ4v) is 1.26. The smallest absolute Gasteiger partial charge is 0.399 e. The highest BCUT2D eigenvalue weighted by Crippen LogP contribution is 2.17. The summed E-state index contributed by atoms with van der Waals surface area (Å²) >= 11 is 6.73. The van der Waals surface area contributed by atoms with E-state index in [1.54, 1.807) is 6.07 Å². The zero-order chi connectivity index (χ0) is 8.81. The van der Waals surface area contributed by atoms with Gasteiger partial charge in [0.15, 0.2) is 5.06 Å². The van der Waals surface area contributed by atoms with E-state index in [2.05, 4.69) is 5.32 Å². The standard InChI is InChI=1S/C7H8ClNO2S/c8-3-4-9-7(10)11-6-2-1-5-12-6/h1-2,5H,3-4H2,(H,9,10). The van der Waals surface area contributed by atoms with Crippen molar-refractivity contribution in [3.05, 3.63) is 17.5 Å². The molecule has 0 aliphatic carbocycles. The van der Waals surface area contributed by atoms with E-state index >= 15 is 0 Å². The lowest BCUT2D eigenvalue weighted by Gasteiger charge is -2.01. The highest BCUT2D eigenvalue weighted by Gasteiger charge is 2.02. The fraction of sp³-hybridized carbons (Fsp3) is 0.286. The molecule has 0 bridgehead atoms. The monoisotopic (exact) mass is 205 g/mol. The first kappa shape index (κ1) is 9.35. The molecule has 0 saturated carbocycles. The first-order valence-electron chi connectivity index (χ1n) is 3.38. The Labute approximate surface area is 79.3 Å². The van der Waals surface area contributed by atoms with Crippen molar-refractivity contribution in [2.75, 3.05) is 12.4 Å². The van der Waals surface area contributed by atoms with Crippen molar-refractivity contribution in [2.24, 2.45) is 0 Å². The molecule has 5 heteroatoms. The first-order chi connectivity index (χ1) is 5.83. The van der Waals surface area contributed by atoms with Crippen molar-refractivity contribution in [1.82, 2.24) is 5.32 Å². The van der Waals surface area contributed by atoms with E-state index in [-0.39, 0.29) is 0 Å². The molecule has 1 heterocycles. The molecule has 1 aromatic rings. The highest BCUT2D eigenvalue weighted by molar-refractivity contribution is 7.11. The molecule has 0 aromatic carbocycles. The van der Waals surface area contributed by atoms with Crippen LogP contribution in [-0.4, -0.2) is 18.5 Å². The van der Waals surface area contributed by atoms with Crippen molar-refractivity contribution < 1.29 is 9.53 Å². The maximum absolute atomic E-state index is 10.9. The third kappa shape index (κ3) is 3.11. The van der Waals surface area contributed by atoms with E-state index in [4.69, 9.17) is 16.3 Å². The number of halogens is 1. The second kappa shape index (κ2) is 5.00. The van der Waals surface area contributed by atoms with Crippen LogP contribution in [0.2, 0.25) is 0 Å². The van der Waals surface area contributed by atoms with Gasteiger partial charge in [-0.2, -0.15) is 0 Å². The summed E-state index contributed by atoms with van der Waals surface area (Å²) in [5, 5.41) is 4.91. The quantitative estimate of drug-likeness (QED) is 0.768. The van der Waals surface area contributed by atoms with E-state index in [1.807, 2.05) is 11.4 Å². The Hall–Kier alpha value is -0.740. The Balaban J connectivity index is 2.27. The first-order valence-corrected chi connectivity index (χ1v) is 4.79. The van der Waals surface area contributed by atoms with E-state index in [1.165, 1.54) is 11.3 Å². The average molecular weight is 206 g/mol. The second-order valence-electron chi connectivity index (χ2n) is 1.94. The molecule has 0 atom stereocenters. The summed E-state index contributed by atoms with van der Waals surface area (Å²) in [5.41, 5.74) is 0. The second-order valence-corrected chi connectivity index (χ2v) is 3.23. The average Bonchev–Trinajstić information content (AvgIpc) is 2.53. The van der Waals surface area contributed by atoms with Gasteiger partial charge in [0.1, 0.15) is 0 Å². The maximum atomic E-state index is 10.9. The molecule has 0 unspecified atom stereocenters. The van der Waals surface area contributed by atoms with Gasteiger partial charge in [-0.1, -0.05) is 0 Å². The molecule has 3 nitrogen and oxygen atoms in total. The predicted octanol–water partition coefficient (Wildman–Crippen LogP) is 2.08. The molecule has 0 spiro atoms. The van der Waals surface area contributed by atoms with Crippen molar-refractivity contribution >= 4 is 29.0 Å². The summed E-state index contributed by atoms with van der Waals surface area (Å²) < 4.78 is 4.87. The van der Waals surface area contributed by atoms with Gasteiger partial charge < -0.3 is 10.1 Å². The summed E-state index contributed by atoms with van der Waals surface area (Å²) in [4.78, 5) is 10.9. The van der Waals surface area contributed by atoms with Gasteiger partial charge >= 0.3 is 6.09 Å². The van der Waals surface area contributed by atoms with E-state index in [0.29, 0.717) is 17.5 Å². The van der Waals surface area contributed by atoms with E-state index in [0.717, 1.165) is 0 Å². The Morgan fingerprint density at radius 2 is 2.58 bits per heavy atom. The van der Waals surface area contributed by atoms with Crippen molar-refractivity contribution in [1.29, 1.82) is 0 Å². The SMILES string of the molecule is O=C(NCCCl)Oc1cccs1. The lowest BCUT2D eigenvalue weighted by atomic mass is 10.6. The molecular formula is C7H8ClNO2S. The molecule has 1 amide bonds. The molecule has 0 radical (unpaired) electrons. The van der Waals surface area contributed by atoms with Crippen LogP contribution in [0, 0.1) is 0 Å². The van der Waals surface area contributed by atoms with Gasteiger partial charge in [-0.05, 0) is 17.5 Å². The van der Waals surface area contributed by atoms with Crippen LogP contribution in [-0.2, 0) is 0 Å². The van der Waals surface area contributed by atoms with Crippen LogP contribution in [0.1, 0.15) is 0 Å². The van der Waals surface area contributed by atoms with Gasteiger partial charge in [0.2, 0.25) is 0 Å². The number of alkyl halides is 1. The Morgan fingerprint density at radius 1 is 1.75 bits per heavy atom. The zero-order valence-corrected chi connectivity index (χ0v) is 7.82. The zero-order valence-electron chi connectivity index (χ0n) is 6.25. The van der Waals surface area contributed by atoms with Crippen LogP contribution < -0.4 is 10.1 Å². The number of hydrogen-bond donors (Lipinski definition) is 1. The van der Waals surface area contributed by atoms with Crippen LogP contribution in [0.25, 0.3) is 0 Å². The number of rotatable bonds is 3. The highest BCUT2D eigenvalue weighted by atomic mass is 35.5. The van der Waals surface area contributed by atoms with Crippen molar-refractivity contribution in [2.45, 2.75) is 0 Å². The van der Waals surface area contributed by atoms with Gasteiger partial charge in [-0.3, -0.25) is 0 Å². The van der Waals surface area contributed by atoms with Crippen LogP contribution in [0.4, 0.5) is 4.79 Å². The van der Waals surface area contributed by atoms with Gasteiger partial charge in [-0.15, -0.1) is 22.9 Å². The van der Waals surface area contributed by atoms with E-state index < -0.39 is 6.09 Å². The molecule has 0 fully saturated rings. The topological polar surface area (TPSA) is 38.3 Å². The number of carbonyl (C=O) groups is 1. The minimum Gasteiger partial charge on any atom is -0.399 e. The van der Waals surface area contributed by atoms with E-state index in [9.17, 15) is 4.79 Å². The number of hydrogen-bond acceptors (Lipinski definition) is 3. The molecule has 1 aromatic heterocycles. The summed E-state index contributed by atoms with van der Waals surface area (Å²) in [7, 11) is 0. The van der Waals surface area contributed by atoms with Crippen molar-refractivity contribution in [3.8, 4) is 5.06 Å². The molecule has 0 saturated heterocycles. The summed E-state index contributed by atoms with van der Waals surface area (Å²) in [6.07, 6.45) is -0.460. The predicted molar refractivity (Wildman–Crippen MR) is 49.1 cm³/mol. The van der Waals surface area contributed by atoms with Crippen molar-refractivity contribution in [3.63, 3.8) is 0 Å². The molecule has 0 aliphatic rings. The molecular weight excluding hydrogens is 198 g/mol. The number of amides is 1. The Kier molecular flexibility index (Phi) is 3.90. The molecule has 66 valence electrons. The third-order valence-corrected chi connectivity index (χ3v) is 1.99. The van der Waals surface area contributed by atoms with Crippen LogP contribution in [0.5, 0.6) is 5.06 Å².